The van der Waals surface area contributed by atoms with E-state index >= 15 is 0 Å². The van der Waals surface area contributed by atoms with E-state index in [2.05, 4.69) is 10.3 Å². The molecule has 0 spiro atoms. The van der Waals surface area contributed by atoms with Crippen molar-refractivity contribution in [2.75, 3.05) is 25.6 Å². The van der Waals surface area contributed by atoms with Crippen molar-refractivity contribution in [3.8, 4) is 22.8 Å². The monoisotopic (exact) mass is 402 g/mol. The second-order valence-corrected chi connectivity index (χ2v) is 6.67. The summed E-state index contributed by atoms with van der Waals surface area (Å²) in [4.78, 5) is 20.6. The molecular formula is C22H18N4O4. The summed E-state index contributed by atoms with van der Waals surface area (Å²) in [5.41, 5.74) is 3.60. The molecule has 30 heavy (non-hydrogen) atoms. The molecule has 5 rings (SSSR count). The van der Waals surface area contributed by atoms with Crippen molar-refractivity contribution in [3.05, 3.63) is 66.6 Å². The summed E-state index contributed by atoms with van der Waals surface area (Å²) in [5.74, 6) is 1.82. The standard InChI is InChI=1S/C22H18N4O4/c1-28-22(27)15-4-2-14(3-5-15)20-21(26-9-8-23-13-19(26)25-20)24-16-6-7-17-18(12-16)30-11-10-29-17/h2-9,12-13,24H,10-11H2,1H3. The Morgan fingerprint density at radius 2 is 1.90 bits per heavy atom. The molecule has 0 bridgehead atoms. The number of hydrogen-bond donors (Lipinski definition) is 1. The molecular weight excluding hydrogens is 384 g/mol. The molecule has 1 aliphatic heterocycles. The maximum absolute atomic E-state index is 11.7. The Kier molecular flexibility index (Phi) is 4.44. The summed E-state index contributed by atoms with van der Waals surface area (Å²) < 4.78 is 18.0. The highest BCUT2D eigenvalue weighted by Gasteiger charge is 2.17. The second-order valence-electron chi connectivity index (χ2n) is 6.67. The van der Waals surface area contributed by atoms with Crippen LogP contribution < -0.4 is 14.8 Å². The molecule has 8 heteroatoms. The van der Waals surface area contributed by atoms with E-state index < -0.39 is 0 Å². The van der Waals surface area contributed by atoms with Gasteiger partial charge in [0.1, 0.15) is 24.7 Å². The van der Waals surface area contributed by atoms with Crippen molar-refractivity contribution in [2.24, 2.45) is 0 Å². The molecule has 0 amide bonds. The zero-order valence-corrected chi connectivity index (χ0v) is 16.2. The summed E-state index contributed by atoms with van der Waals surface area (Å²) in [7, 11) is 1.36. The van der Waals surface area contributed by atoms with Gasteiger partial charge in [0.2, 0.25) is 0 Å². The van der Waals surface area contributed by atoms with Crippen LogP contribution in [0.25, 0.3) is 16.9 Å². The Bertz CT molecular complexity index is 1230. The number of nitrogens with zero attached hydrogens (tertiary/aromatic N) is 3. The number of imidazole rings is 1. The average molecular weight is 402 g/mol. The predicted octanol–water partition coefficient (Wildman–Crippen LogP) is 3.70. The first-order valence-electron chi connectivity index (χ1n) is 9.40. The lowest BCUT2D eigenvalue weighted by atomic mass is 10.1. The summed E-state index contributed by atoms with van der Waals surface area (Å²) in [6, 6.07) is 12.8. The van der Waals surface area contributed by atoms with Gasteiger partial charge in [-0.15, -0.1) is 0 Å². The quantitative estimate of drug-likeness (QED) is 0.521. The molecule has 2 aromatic carbocycles. The van der Waals surface area contributed by atoms with Crippen molar-refractivity contribution in [1.29, 1.82) is 0 Å². The zero-order chi connectivity index (χ0) is 20.5. The van der Waals surface area contributed by atoms with E-state index in [1.165, 1.54) is 7.11 Å². The molecule has 0 fully saturated rings. The molecule has 0 atom stereocenters. The highest BCUT2D eigenvalue weighted by atomic mass is 16.6. The lowest BCUT2D eigenvalue weighted by molar-refractivity contribution is 0.0601. The van der Waals surface area contributed by atoms with Crippen molar-refractivity contribution >= 4 is 23.1 Å². The Morgan fingerprint density at radius 1 is 1.10 bits per heavy atom. The normalized spacial score (nSPS) is 12.6. The maximum atomic E-state index is 11.7. The van der Waals surface area contributed by atoms with Crippen LogP contribution in [-0.4, -0.2) is 40.7 Å². The maximum Gasteiger partial charge on any atom is 0.337 e. The van der Waals surface area contributed by atoms with Crippen LogP contribution in [0.15, 0.2) is 61.1 Å². The topological polar surface area (TPSA) is 87.0 Å². The van der Waals surface area contributed by atoms with E-state index in [0.717, 1.165) is 28.5 Å². The molecule has 3 heterocycles. The number of esters is 1. The summed E-state index contributed by atoms with van der Waals surface area (Å²) in [5, 5.41) is 3.44. The SMILES string of the molecule is COC(=O)c1ccc(-c2nc3cnccn3c2Nc2ccc3c(c2)OCCO3)cc1. The summed E-state index contributed by atoms with van der Waals surface area (Å²) in [6.45, 7) is 1.07. The van der Waals surface area contributed by atoms with Crippen LogP contribution in [0.5, 0.6) is 11.5 Å². The van der Waals surface area contributed by atoms with E-state index in [-0.39, 0.29) is 5.97 Å². The van der Waals surface area contributed by atoms with Gasteiger partial charge in [-0.1, -0.05) is 12.1 Å². The fourth-order valence-corrected chi connectivity index (χ4v) is 3.37. The van der Waals surface area contributed by atoms with Gasteiger partial charge in [-0.05, 0) is 24.3 Å². The van der Waals surface area contributed by atoms with Crippen LogP contribution >= 0.6 is 0 Å². The Morgan fingerprint density at radius 3 is 2.70 bits per heavy atom. The number of rotatable bonds is 4. The molecule has 150 valence electrons. The minimum Gasteiger partial charge on any atom is -0.486 e. The van der Waals surface area contributed by atoms with Gasteiger partial charge in [-0.2, -0.15) is 0 Å². The number of carbonyl (C=O) groups is 1. The third kappa shape index (κ3) is 3.18. The average Bonchev–Trinajstić information content (AvgIpc) is 3.17. The number of aromatic nitrogens is 3. The smallest absolute Gasteiger partial charge is 0.337 e. The van der Waals surface area contributed by atoms with Crippen LogP contribution in [0.3, 0.4) is 0 Å². The molecule has 1 aliphatic rings. The first kappa shape index (κ1) is 18.0. The van der Waals surface area contributed by atoms with Gasteiger partial charge in [0.05, 0.1) is 18.9 Å². The molecule has 0 aliphatic carbocycles. The zero-order valence-electron chi connectivity index (χ0n) is 16.2. The van der Waals surface area contributed by atoms with Gasteiger partial charge in [0, 0.05) is 29.7 Å². The van der Waals surface area contributed by atoms with Crippen LogP contribution in [0.2, 0.25) is 0 Å². The van der Waals surface area contributed by atoms with Crippen LogP contribution in [-0.2, 0) is 4.74 Å². The molecule has 0 saturated heterocycles. The molecule has 4 aromatic rings. The number of ether oxygens (including phenoxy) is 3. The highest BCUT2D eigenvalue weighted by molar-refractivity contribution is 5.90. The van der Waals surface area contributed by atoms with E-state index in [1.54, 1.807) is 24.5 Å². The van der Waals surface area contributed by atoms with E-state index in [0.29, 0.717) is 30.2 Å². The molecule has 2 aromatic heterocycles. The Labute approximate surface area is 172 Å². The number of nitrogens with one attached hydrogen (secondary N) is 1. The number of anilines is 2. The van der Waals surface area contributed by atoms with Gasteiger partial charge in [-0.25, -0.2) is 9.78 Å². The fourth-order valence-electron chi connectivity index (χ4n) is 3.37. The number of hydrogen-bond acceptors (Lipinski definition) is 7. The van der Waals surface area contributed by atoms with Crippen molar-refractivity contribution < 1.29 is 19.0 Å². The van der Waals surface area contributed by atoms with Crippen LogP contribution in [0, 0.1) is 0 Å². The molecule has 0 saturated carbocycles. The highest BCUT2D eigenvalue weighted by Crippen LogP contribution is 2.36. The minimum absolute atomic E-state index is 0.379. The first-order valence-corrected chi connectivity index (χ1v) is 9.40. The van der Waals surface area contributed by atoms with Gasteiger partial charge < -0.3 is 19.5 Å². The van der Waals surface area contributed by atoms with E-state index in [9.17, 15) is 4.79 Å². The number of carbonyl (C=O) groups excluding carboxylic acids is 1. The number of fused-ring (bicyclic) bond motifs is 2. The minimum atomic E-state index is -0.379. The first-order chi connectivity index (χ1) is 14.7. The van der Waals surface area contributed by atoms with Crippen molar-refractivity contribution in [2.45, 2.75) is 0 Å². The number of methoxy groups -OCH3 is 1. The fraction of sp³-hybridized carbons (Fsp3) is 0.136. The van der Waals surface area contributed by atoms with Gasteiger partial charge >= 0.3 is 5.97 Å². The largest absolute Gasteiger partial charge is 0.486 e. The van der Waals surface area contributed by atoms with Gasteiger partial charge in [0.15, 0.2) is 17.1 Å². The predicted molar refractivity (Wildman–Crippen MR) is 110 cm³/mol. The number of benzene rings is 2. The van der Waals surface area contributed by atoms with E-state index in [1.807, 2.05) is 40.9 Å². The summed E-state index contributed by atoms with van der Waals surface area (Å²) in [6.07, 6.45) is 5.24. The van der Waals surface area contributed by atoms with E-state index in [4.69, 9.17) is 19.2 Å². The lowest BCUT2D eigenvalue weighted by Crippen LogP contribution is -2.15. The van der Waals surface area contributed by atoms with Crippen LogP contribution in [0.1, 0.15) is 10.4 Å². The van der Waals surface area contributed by atoms with Gasteiger partial charge in [0.25, 0.3) is 0 Å². The molecule has 8 nitrogen and oxygen atoms in total. The lowest BCUT2D eigenvalue weighted by Gasteiger charge is -2.19. The van der Waals surface area contributed by atoms with Gasteiger partial charge in [-0.3, -0.25) is 9.38 Å². The Balaban J connectivity index is 1.57. The third-order valence-electron chi connectivity index (χ3n) is 4.81. The van der Waals surface area contributed by atoms with Crippen LogP contribution in [0.4, 0.5) is 11.5 Å². The van der Waals surface area contributed by atoms with Crippen molar-refractivity contribution in [1.82, 2.24) is 14.4 Å². The third-order valence-corrected chi connectivity index (χ3v) is 4.81. The molecule has 0 radical (unpaired) electrons. The van der Waals surface area contributed by atoms with Crippen molar-refractivity contribution in [3.63, 3.8) is 0 Å². The summed E-state index contributed by atoms with van der Waals surface area (Å²) >= 11 is 0. The Hall–Kier alpha value is -4.07. The molecule has 1 N–H and O–H groups in total. The second kappa shape index (κ2) is 7.40. The molecule has 0 unspecified atom stereocenters.